The summed E-state index contributed by atoms with van der Waals surface area (Å²) in [5, 5.41) is 5.21. The van der Waals surface area contributed by atoms with E-state index < -0.39 is 0 Å². The largest absolute Gasteiger partial charge is 0.493 e. The molecule has 0 aliphatic carbocycles. The molecule has 1 amide bonds. The van der Waals surface area contributed by atoms with Gasteiger partial charge in [-0.25, -0.2) is 9.97 Å². The molecule has 0 unspecified atom stereocenters. The number of rotatable bonds is 5. The molecule has 0 bridgehead atoms. The van der Waals surface area contributed by atoms with Crippen LogP contribution < -0.4 is 14.8 Å². The van der Waals surface area contributed by atoms with Gasteiger partial charge >= 0.3 is 0 Å². The number of para-hydroxylation sites is 1. The first-order valence-electron chi connectivity index (χ1n) is 8.44. The Bertz CT molecular complexity index is 1170. The lowest BCUT2D eigenvalue weighted by Crippen LogP contribution is -2.12. The fourth-order valence-electron chi connectivity index (χ4n) is 2.87. The number of aryl methyl sites for hydroxylation is 1. The highest BCUT2D eigenvalue weighted by Gasteiger charge is 2.17. The standard InChI is InChI=1S/C20H17N3O4S/c1-11-21-14-8-7-12(9-17(14)27-11)22-19(24)15-10-28-20(23-15)13-5-4-6-16(25-2)18(13)26-3/h4-10H,1-3H3,(H,22,24). The van der Waals surface area contributed by atoms with Crippen molar-refractivity contribution in [3.63, 3.8) is 0 Å². The van der Waals surface area contributed by atoms with Crippen molar-refractivity contribution < 1.29 is 18.7 Å². The first kappa shape index (κ1) is 18.0. The molecule has 2 aromatic carbocycles. The van der Waals surface area contributed by atoms with E-state index in [0.717, 1.165) is 11.1 Å². The van der Waals surface area contributed by atoms with Crippen LogP contribution in [0.4, 0.5) is 5.69 Å². The summed E-state index contributed by atoms with van der Waals surface area (Å²) in [5.41, 5.74) is 3.07. The number of aromatic nitrogens is 2. The molecule has 0 saturated carbocycles. The zero-order valence-corrected chi connectivity index (χ0v) is 16.3. The Kier molecular flexibility index (Phi) is 4.70. The maximum atomic E-state index is 12.6. The molecule has 0 fully saturated rings. The van der Waals surface area contributed by atoms with Gasteiger partial charge in [-0.2, -0.15) is 0 Å². The van der Waals surface area contributed by atoms with Gasteiger partial charge in [-0.1, -0.05) is 6.07 Å². The predicted molar refractivity (Wildman–Crippen MR) is 107 cm³/mol. The highest BCUT2D eigenvalue weighted by atomic mass is 32.1. The van der Waals surface area contributed by atoms with Crippen molar-refractivity contribution in [3.8, 4) is 22.1 Å². The minimum atomic E-state index is -0.306. The van der Waals surface area contributed by atoms with Crippen LogP contribution >= 0.6 is 11.3 Å². The summed E-state index contributed by atoms with van der Waals surface area (Å²) in [6.07, 6.45) is 0. The van der Waals surface area contributed by atoms with E-state index in [0.29, 0.717) is 39.4 Å². The molecule has 28 heavy (non-hydrogen) atoms. The van der Waals surface area contributed by atoms with Gasteiger partial charge < -0.3 is 19.2 Å². The number of anilines is 1. The van der Waals surface area contributed by atoms with Crippen LogP contribution in [-0.2, 0) is 0 Å². The lowest BCUT2D eigenvalue weighted by Gasteiger charge is -2.10. The molecule has 142 valence electrons. The Balaban J connectivity index is 1.59. The third kappa shape index (κ3) is 3.29. The highest BCUT2D eigenvalue weighted by molar-refractivity contribution is 7.13. The van der Waals surface area contributed by atoms with Crippen LogP contribution in [-0.4, -0.2) is 30.1 Å². The quantitative estimate of drug-likeness (QED) is 0.534. The number of methoxy groups -OCH3 is 2. The van der Waals surface area contributed by atoms with Gasteiger partial charge in [0.25, 0.3) is 5.91 Å². The molecule has 0 aliphatic heterocycles. The van der Waals surface area contributed by atoms with Crippen LogP contribution in [0.1, 0.15) is 16.4 Å². The summed E-state index contributed by atoms with van der Waals surface area (Å²) in [7, 11) is 3.15. The Morgan fingerprint density at radius 2 is 2.00 bits per heavy atom. The molecule has 2 heterocycles. The molecule has 7 nitrogen and oxygen atoms in total. The van der Waals surface area contributed by atoms with Gasteiger partial charge in [0.2, 0.25) is 0 Å². The number of fused-ring (bicyclic) bond motifs is 1. The Hall–Kier alpha value is -3.39. The van der Waals surface area contributed by atoms with Crippen molar-refractivity contribution in [2.75, 3.05) is 19.5 Å². The van der Waals surface area contributed by atoms with E-state index in [4.69, 9.17) is 13.9 Å². The van der Waals surface area contributed by atoms with Crippen LogP contribution in [0, 0.1) is 6.92 Å². The van der Waals surface area contributed by atoms with E-state index in [-0.39, 0.29) is 5.91 Å². The van der Waals surface area contributed by atoms with Crippen LogP contribution in [0.2, 0.25) is 0 Å². The van der Waals surface area contributed by atoms with Crippen LogP contribution in [0.5, 0.6) is 11.5 Å². The van der Waals surface area contributed by atoms with E-state index in [1.54, 1.807) is 44.7 Å². The number of carbonyl (C=O) groups excluding carboxylic acids is 1. The van der Waals surface area contributed by atoms with E-state index >= 15 is 0 Å². The molecule has 4 rings (SSSR count). The molecule has 2 aromatic heterocycles. The maximum Gasteiger partial charge on any atom is 0.275 e. The van der Waals surface area contributed by atoms with Gasteiger partial charge in [0.1, 0.15) is 16.2 Å². The van der Waals surface area contributed by atoms with E-state index in [2.05, 4.69) is 15.3 Å². The van der Waals surface area contributed by atoms with Gasteiger partial charge in [0, 0.05) is 24.1 Å². The van der Waals surface area contributed by atoms with Crippen LogP contribution in [0.3, 0.4) is 0 Å². The summed E-state index contributed by atoms with van der Waals surface area (Å²) < 4.78 is 16.3. The Morgan fingerprint density at radius 1 is 1.14 bits per heavy atom. The molecule has 4 aromatic rings. The number of nitrogens with one attached hydrogen (secondary N) is 1. The van der Waals surface area contributed by atoms with Crippen LogP contribution in [0.25, 0.3) is 21.7 Å². The first-order valence-corrected chi connectivity index (χ1v) is 9.32. The second-order valence-electron chi connectivity index (χ2n) is 5.95. The van der Waals surface area contributed by atoms with Crippen molar-refractivity contribution in [2.45, 2.75) is 6.92 Å². The zero-order chi connectivity index (χ0) is 19.7. The molecule has 0 radical (unpaired) electrons. The lowest BCUT2D eigenvalue weighted by molar-refractivity contribution is 0.102. The number of thiazole rings is 1. The molecular formula is C20H17N3O4S. The summed E-state index contributed by atoms with van der Waals surface area (Å²) in [6.45, 7) is 1.78. The Morgan fingerprint density at radius 3 is 2.79 bits per heavy atom. The van der Waals surface area contributed by atoms with E-state index in [1.807, 2.05) is 18.2 Å². The summed E-state index contributed by atoms with van der Waals surface area (Å²) in [4.78, 5) is 21.3. The number of amides is 1. The number of hydrogen-bond donors (Lipinski definition) is 1. The number of ether oxygens (including phenoxy) is 2. The molecule has 0 saturated heterocycles. The molecule has 0 atom stereocenters. The number of oxazole rings is 1. The SMILES string of the molecule is COc1cccc(-c2nc(C(=O)Nc3ccc4nc(C)oc4c3)cs2)c1OC. The second kappa shape index (κ2) is 7.32. The lowest BCUT2D eigenvalue weighted by atomic mass is 10.2. The third-order valence-corrected chi connectivity index (χ3v) is 5.00. The third-order valence-electron chi connectivity index (χ3n) is 4.12. The van der Waals surface area contributed by atoms with Gasteiger partial charge in [0.05, 0.1) is 19.8 Å². The zero-order valence-electron chi connectivity index (χ0n) is 15.5. The molecule has 0 spiro atoms. The fraction of sp³-hybridized carbons (Fsp3) is 0.150. The van der Waals surface area contributed by atoms with Crippen molar-refractivity contribution in [1.29, 1.82) is 0 Å². The number of benzene rings is 2. The first-order chi connectivity index (χ1) is 13.6. The van der Waals surface area contributed by atoms with Gasteiger partial charge in [0.15, 0.2) is 23.0 Å². The van der Waals surface area contributed by atoms with Crippen molar-refractivity contribution >= 4 is 34.0 Å². The molecule has 1 N–H and O–H groups in total. The topological polar surface area (TPSA) is 86.5 Å². The monoisotopic (exact) mass is 395 g/mol. The molecule has 8 heteroatoms. The van der Waals surface area contributed by atoms with Gasteiger partial charge in [-0.3, -0.25) is 4.79 Å². The smallest absolute Gasteiger partial charge is 0.275 e. The maximum absolute atomic E-state index is 12.6. The average Bonchev–Trinajstić information content (AvgIpc) is 3.33. The minimum absolute atomic E-state index is 0.306. The van der Waals surface area contributed by atoms with E-state index in [9.17, 15) is 4.79 Å². The van der Waals surface area contributed by atoms with Crippen molar-refractivity contribution in [2.24, 2.45) is 0 Å². The van der Waals surface area contributed by atoms with Gasteiger partial charge in [-0.05, 0) is 24.3 Å². The predicted octanol–water partition coefficient (Wildman–Crippen LogP) is 4.53. The number of carbonyl (C=O) groups is 1. The molecule has 0 aliphatic rings. The fourth-order valence-corrected chi connectivity index (χ4v) is 3.69. The summed E-state index contributed by atoms with van der Waals surface area (Å²) >= 11 is 1.36. The van der Waals surface area contributed by atoms with Crippen molar-refractivity contribution in [1.82, 2.24) is 9.97 Å². The van der Waals surface area contributed by atoms with Crippen LogP contribution in [0.15, 0.2) is 46.2 Å². The van der Waals surface area contributed by atoms with E-state index in [1.165, 1.54) is 11.3 Å². The Labute approximate surface area is 164 Å². The number of hydrogen-bond acceptors (Lipinski definition) is 7. The number of nitrogens with zero attached hydrogens (tertiary/aromatic N) is 2. The minimum Gasteiger partial charge on any atom is -0.493 e. The highest BCUT2D eigenvalue weighted by Crippen LogP contribution is 2.39. The molecular weight excluding hydrogens is 378 g/mol. The van der Waals surface area contributed by atoms with Crippen molar-refractivity contribution in [3.05, 3.63) is 53.4 Å². The summed E-state index contributed by atoms with van der Waals surface area (Å²) in [5.74, 6) is 1.46. The normalized spacial score (nSPS) is 10.8. The van der Waals surface area contributed by atoms with Gasteiger partial charge in [-0.15, -0.1) is 11.3 Å². The average molecular weight is 395 g/mol. The second-order valence-corrected chi connectivity index (χ2v) is 6.81. The summed E-state index contributed by atoms with van der Waals surface area (Å²) in [6, 6.07) is 10.9.